The van der Waals surface area contributed by atoms with Crippen molar-refractivity contribution in [3.63, 3.8) is 0 Å². The summed E-state index contributed by atoms with van der Waals surface area (Å²) in [5, 5.41) is 8.75. The van der Waals surface area contributed by atoms with Crippen molar-refractivity contribution in [1.29, 1.82) is 0 Å². The van der Waals surface area contributed by atoms with Gasteiger partial charge in [0.2, 0.25) is 0 Å². The predicted molar refractivity (Wildman–Crippen MR) is 46.4 cm³/mol. The molecule has 0 bridgehead atoms. The minimum absolute atomic E-state index is 0. The molecular weight excluding hydrogens is 234 g/mol. The molecule has 1 aromatic heterocycles. The highest BCUT2D eigenvalue weighted by Gasteiger charge is 2.11. The molecule has 1 rings (SSSR count). The van der Waals surface area contributed by atoms with Crippen molar-refractivity contribution in [2.75, 3.05) is 21.1 Å². The van der Waals surface area contributed by atoms with Gasteiger partial charge in [-0.1, -0.05) is 0 Å². The summed E-state index contributed by atoms with van der Waals surface area (Å²) in [5.74, 6) is 1.56. The highest BCUT2D eigenvalue weighted by Crippen LogP contribution is 2.11. The minimum Gasteiger partial charge on any atom is -1.00 e. The molecule has 0 spiro atoms. The highest BCUT2D eigenvalue weighted by atomic mass is 79.9. The molecule has 0 atom stereocenters. The van der Waals surface area contributed by atoms with Crippen LogP contribution in [-0.2, 0) is 13.2 Å². The van der Waals surface area contributed by atoms with E-state index in [0.717, 1.165) is 16.8 Å². The van der Waals surface area contributed by atoms with Crippen LogP contribution in [0.1, 0.15) is 11.5 Å². The maximum Gasteiger partial charge on any atom is 0.158 e. The van der Waals surface area contributed by atoms with E-state index >= 15 is 0 Å². The molecular formula is C9H16BrNO2. The van der Waals surface area contributed by atoms with Crippen LogP contribution in [0, 0.1) is 0 Å². The largest absolute Gasteiger partial charge is 1.00 e. The van der Waals surface area contributed by atoms with E-state index in [1.165, 1.54) is 0 Å². The molecule has 1 heterocycles. The molecule has 4 heteroatoms. The van der Waals surface area contributed by atoms with Crippen LogP contribution in [0.2, 0.25) is 0 Å². The molecule has 3 nitrogen and oxygen atoms in total. The predicted octanol–water partition coefficient (Wildman–Crippen LogP) is -2.02. The number of rotatable bonds is 3. The summed E-state index contributed by atoms with van der Waals surface area (Å²) in [6.45, 7) is 0.830. The lowest BCUT2D eigenvalue weighted by Crippen LogP contribution is -3.00. The second-order valence-electron chi connectivity index (χ2n) is 3.97. The van der Waals surface area contributed by atoms with Gasteiger partial charge in [-0.15, -0.1) is 0 Å². The Labute approximate surface area is 89.3 Å². The summed E-state index contributed by atoms with van der Waals surface area (Å²) >= 11 is 0. The molecule has 0 amide bonds. The van der Waals surface area contributed by atoms with Crippen LogP contribution < -0.4 is 17.0 Å². The van der Waals surface area contributed by atoms with E-state index in [0.29, 0.717) is 5.76 Å². The summed E-state index contributed by atoms with van der Waals surface area (Å²) in [5.41, 5.74) is 0. The Balaban J connectivity index is 0.00000144. The van der Waals surface area contributed by atoms with Crippen molar-refractivity contribution in [3.8, 4) is 0 Å². The second kappa shape index (κ2) is 4.79. The van der Waals surface area contributed by atoms with Gasteiger partial charge in [0.25, 0.3) is 0 Å². The first-order chi connectivity index (χ1) is 5.51. The van der Waals surface area contributed by atoms with Gasteiger partial charge in [-0.3, -0.25) is 0 Å². The molecule has 76 valence electrons. The molecule has 0 fully saturated rings. The SMILES string of the molecule is C[N+](C)(C)Cc1ccc(CO)o1.[Br-]. The van der Waals surface area contributed by atoms with Gasteiger partial charge in [0.05, 0.1) is 21.1 Å². The number of aliphatic hydroxyl groups excluding tert-OH is 1. The first kappa shape index (κ1) is 12.7. The normalized spacial score (nSPS) is 11.1. The Hall–Kier alpha value is -0.320. The molecule has 0 aliphatic rings. The first-order valence-electron chi connectivity index (χ1n) is 4.00. The van der Waals surface area contributed by atoms with Gasteiger partial charge in [0.15, 0.2) is 5.76 Å². The molecule has 13 heavy (non-hydrogen) atoms. The van der Waals surface area contributed by atoms with Crippen molar-refractivity contribution < 1.29 is 31.0 Å². The van der Waals surface area contributed by atoms with Crippen LogP contribution in [0.15, 0.2) is 16.5 Å². The molecule has 1 aromatic rings. The van der Waals surface area contributed by atoms with Crippen LogP contribution >= 0.6 is 0 Å². The van der Waals surface area contributed by atoms with Gasteiger partial charge in [0, 0.05) is 0 Å². The molecule has 1 N–H and O–H groups in total. The van der Waals surface area contributed by atoms with Crippen LogP contribution in [0.25, 0.3) is 0 Å². The third kappa shape index (κ3) is 4.45. The minimum atomic E-state index is -0.0167. The Morgan fingerprint density at radius 2 is 1.77 bits per heavy atom. The Morgan fingerprint density at radius 3 is 2.15 bits per heavy atom. The average molecular weight is 250 g/mol. The van der Waals surface area contributed by atoms with Gasteiger partial charge in [-0.25, -0.2) is 0 Å². The maximum atomic E-state index is 8.75. The Morgan fingerprint density at radius 1 is 1.23 bits per heavy atom. The standard InChI is InChI=1S/C9H16NO2.BrH/c1-10(2,3)6-8-4-5-9(7-11)12-8;/h4-5,11H,6-7H2,1-3H3;1H/q+1;/p-1. The Bertz CT molecular complexity index is 252. The summed E-state index contributed by atoms with van der Waals surface area (Å²) < 4.78 is 6.17. The van der Waals surface area contributed by atoms with Gasteiger partial charge in [-0.05, 0) is 12.1 Å². The van der Waals surface area contributed by atoms with Crippen LogP contribution in [0.3, 0.4) is 0 Å². The molecule has 0 saturated carbocycles. The fourth-order valence-corrected chi connectivity index (χ4v) is 1.06. The average Bonchev–Trinajstić information content (AvgIpc) is 2.32. The number of halogens is 1. The zero-order valence-corrected chi connectivity index (χ0v) is 9.84. The molecule has 0 aromatic carbocycles. The first-order valence-corrected chi connectivity index (χ1v) is 4.00. The molecule has 0 aliphatic carbocycles. The van der Waals surface area contributed by atoms with E-state index in [2.05, 4.69) is 21.1 Å². The number of quaternary nitrogens is 1. The van der Waals surface area contributed by atoms with Crippen molar-refractivity contribution in [2.45, 2.75) is 13.2 Å². The number of furan rings is 1. The van der Waals surface area contributed by atoms with Gasteiger partial charge < -0.3 is 31.0 Å². The van der Waals surface area contributed by atoms with Gasteiger partial charge in [0.1, 0.15) is 18.9 Å². The smallest absolute Gasteiger partial charge is 0.158 e. The highest BCUT2D eigenvalue weighted by molar-refractivity contribution is 5.05. The van der Waals surface area contributed by atoms with Crippen molar-refractivity contribution in [1.82, 2.24) is 0 Å². The fourth-order valence-electron chi connectivity index (χ4n) is 1.06. The maximum absolute atomic E-state index is 8.75. The zero-order valence-electron chi connectivity index (χ0n) is 8.25. The van der Waals surface area contributed by atoms with Crippen LogP contribution in [0.4, 0.5) is 0 Å². The van der Waals surface area contributed by atoms with Gasteiger partial charge in [-0.2, -0.15) is 0 Å². The van der Waals surface area contributed by atoms with E-state index in [9.17, 15) is 0 Å². The van der Waals surface area contributed by atoms with E-state index in [1.54, 1.807) is 0 Å². The molecule has 0 saturated heterocycles. The van der Waals surface area contributed by atoms with Crippen molar-refractivity contribution in [2.24, 2.45) is 0 Å². The van der Waals surface area contributed by atoms with Crippen LogP contribution in [-0.4, -0.2) is 30.7 Å². The number of aliphatic hydroxyl groups is 1. The number of nitrogens with zero attached hydrogens (tertiary/aromatic N) is 1. The number of hydrogen-bond donors (Lipinski definition) is 1. The van der Waals surface area contributed by atoms with E-state index in [1.807, 2.05) is 12.1 Å². The third-order valence-corrected chi connectivity index (χ3v) is 1.50. The zero-order chi connectivity index (χ0) is 9.19. The van der Waals surface area contributed by atoms with Crippen LogP contribution in [0.5, 0.6) is 0 Å². The monoisotopic (exact) mass is 249 g/mol. The summed E-state index contributed by atoms with van der Waals surface area (Å²) in [7, 11) is 6.30. The lowest BCUT2D eigenvalue weighted by Gasteiger charge is -2.22. The van der Waals surface area contributed by atoms with E-state index in [4.69, 9.17) is 9.52 Å². The summed E-state index contributed by atoms with van der Waals surface area (Å²) in [6.07, 6.45) is 0. The van der Waals surface area contributed by atoms with Crippen molar-refractivity contribution >= 4 is 0 Å². The number of hydrogen-bond acceptors (Lipinski definition) is 2. The summed E-state index contributed by atoms with van der Waals surface area (Å²) in [4.78, 5) is 0. The lowest BCUT2D eigenvalue weighted by molar-refractivity contribution is -0.884. The van der Waals surface area contributed by atoms with E-state index < -0.39 is 0 Å². The fraction of sp³-hybridized carbons (Fsp3) is 0.556. The molecule has 0 radical (unpaired) electrons. The summed E-state index contributed by atoms with van der Waals surface area (Å²) in [6, 6.07) is 3.72. The lowest BCUT2D eigenvalue weighted by atomic mass is 10.4. The van der Waals surface area contributed by atoms with E-state index in [-0.39, 0.29) is 23.6 Å². The molecule has 0 unspecified atom stereocenters. The topological polar surface area (TPSA) is 33.4 Å². The van der Waals surface area contributed by atoms with Crippen molar-refractivity contribution in [3.05, 3.63) is 23.7 Å². The third-order valence-electron chi connectivity index (χ3n) is 1.50. The quantitative estimate of drug-likeness (QED) is 0.628. The second-order valence-corrected chi connectivity index (χ2v) is 3.97. The Kier molecular flexibility index (Phi) is 4.67. The molecule has 0 aliphatic heterocycles. The van der Waals surface area contributed by atoms with Gasteiger partial charge >= 0.3 is 0 Å².